The van der Waals surface area contributed by atoms with Crippen LogP contribution in [0.4, 0.5) is 0 Å². The Balaban J connectivity index is 1.42. The molecule has 1 aromatic carbocycles. The Bertz CT molecular complexity index is 840. The van der Waals surface area contributed by atoms with Gasteiger partial charge in [-0.3, -0.25) is 14.6 Å². The molecule has 0 saturated carbocycles. The first-order valence-corrected chi connectivity index (χ1v) is 9.21. The van der Waals surface area contributed by atoms with Gasteiger partial charge in [-0.2, -0.15) is 0 Å². The van der Waals surface area contributed by atoms with Crippen molar-refractivity contribution in [2.75, 3.05) is 13.1 Å². The van der Waals surface area contributed by atoms with E-state index < -0.39 is 0 Å². The summed E-state index contributed by atoms with van der Waals surface area (Å²) in [6.45, 7) is 2.21. The number of halogens is 1. The molecule has 4 rings (SSSR count). The third-order valence-corrected chi connectivity index (χ3v) is 5.53. The number of fused-ring (bicyclic) bond motifs is 1. The molecular weight excluding hydrogens is 350 g/mol. The average molecular weight is 370 g/mol. The van der Waals surface area contributed by atoms with Gasteiger partial charge < -0.3 is 9.80 Å². The molecule has 2 aliphatic rings. The first-order chi connectivity index (χ1) is 12.6. The van der Waals surface area contributed by atoms with Crippen LogP contribution in [0.3, 0.4) is 0 Å². The fraction of sp³-hybridized carbons (Fsp3) is 0.350. The number of hydrogen-bond donors (Lipinski definition) is 0. The molecule has 1 aromatic heterocycles. The number of likely N-dealkylation sites (tertiary alicyclic amines) is 1. The second kappa shape index (κ2) is 7.08. The normalized spacial score (nSPS) is 19.6. The van der Waals surface area contributed by atoms with Gasteiger partial charge in [0.15, 0.2) is 0 Å². The Morgan fingerprint density at radius 1 is 1.27 bits per heavy atom. The van der Waals surface area contributed by atoms with Crippen molar-refractivity contribution in [1.29, 1.82) is 0 Å². The molecule has 0 spiro atoms. The van der Waals surface area contributed by atoms with Crippen molar-refractivity contribution in [1.82, 2.24) is 14.8 Å². The van der Waals surface area contributed by atoms with E-state index in [4.69, 9.17) is 11.6 Å². The summed E-state index contributed by atoms with van der Waals surface area (Å²) < 4.78 is 0. The second-order valence-corrected chi connectivity index (χ2v) is 7.33. The molecule has 0 unspecified atom stereocenters. The van der Waals surface area contributed by atoms with Crippen LogP contribution in [0.5, 0.6) is 0 Å². The molecule has 2 aliphatic heterocycles. The monoisotopic (exact) mass is 369 g/mol. The topological polar surface area (TPSA) is 53.5 Å². The molecule has 0 bridgehead atoms. The maximum Gasteiger partial charge on any atom is 0.228 e. The van der Waals surface area contributed by atoms with Crippen LogP contribution in [0, 0.1) is 5.92 Å². The van der Waals surface area contributed by atoms with Gasteiger partial charge in [0.1, 0.15) is 0 Å². The lowest BCUT2D eigenvalue weighted by Crippen LogP contribution is -2.40. The minimum absolute atomic E-state index is 0.0349. The second-order valence-electron chi connectivity index (χ2n) is 6.92. The van der Waals surface area contributed by atoms with Gasteiger partial charge in [-0.1, -0.05) is 29.8 Å². The van der Waals surface area contributed by atoms with Crippen molar-refractivity contribution in [3.05, 3.63) is 64.4 Å². The first-order valence-electron chi connectivity index (χ1n) is 8.83. The minimum Gasteiger partial charge on any atom is -0.338 e. The van der Waals surface area contributed by atoms with Gasteiger partial charge in [0.25, 0.3) is 0 Å². The highest BCUT2D eigenvalue weighted by molar-refractivity contribution is 6.31. The number of carbonyl (C=O) groups excluding carboxylic acids is 2. The summed E-state index contributed by atoms with van der Waals surface area (Å²) in [4.78, 5) is 33.0. The van der Waals surface area contributed by atoms with E-state index in [-0.39, 0.29) is 24.2 Å². The Labute approximate surface area is 157 Å². The highest BCUT2D eigenvalue weighted by Gasteiger charge is 2.37. The molecule has 6 heteroatoms. The number of benzene rings is 1. The highest BCUT2D eigenvalue weighted by Crippen LogP contribution is 2.28. The quantitative estimate of drug-likeness (QED) is 0.835. The molecule has 26 heavy (non-hydrogen) atoms. The number of rotatable bonds is 3. The van der Waals surface area contributed by atoms with E-state index in [2.05, 4.69) is 4.98 Å². The van der Waals surface area contributed by atoms with Crippen molar-refractivity contribution in [2.45, 2.75) is 25.9 Å². The Morgan fingerprint density at radius 3 is 2.96 bits per heavy atom. The van der Waals surface area contributed by atoms with Crippen LogP contribution in [-0.2, 0) is 29.1 Å². The van der Waals surface area contributed by atoms with Crippen molar-refractivity contribution in [2.24, 2.45) is 5.92 Å². The molecule has 0 aliphatic carbocycles. The number of hydrogen-bond acceptors (Lipinski definition) is 3. The van der Waals surface area contributed by atoms with Gasteiger partial charge in [0.05, 0.1) is 5.92 Å². The van der Waals surface area contributed by atoms with E-state index in [9.17, 15) is 9.59 Å². The smallest absolute Gasteiger partial charge is 0.228 e. The van der Waals surface area contributed by atoms with Gasteiger partial charge in [-0.15, -0.1) is 0 Å². The van der Waals surface area contributed by atoms with Gasteiger partial charge >= 0.3 is 0 Å². The summed E-state index contributed by atoms with van der Waals surface area (Å²) in [7, 11) is 0. The molecule has 2 amide bonds. The van der Waals surface area contributed by atoms with E-state index in [1.54, 1.807) is 17.3 Å². The summed E-state index contributed by atoms with van der Waals surface area (Å²) in [6, 6.07) is 9.64. The van der Waals surface area contributed by atoms with Gasteiger partial charge in [0, 0.05) is 50.0 Å². The van der Waals surface area contributed by atoms with Crippen molar-refractivity contribution in [3.8, 4) is 0 Å². The number of amides is 2. The lowest BCUT2D eigenvalue weighted by atomic mass is 9.98. The molecular formula is C20H20ClN3O2. The molecule has 3 heterocycles. The minimum atomic E-state index is -0.264. The highest BCUT2D eigenvalue weighted by atomic mass is 35.5. The molecule has 134 valence electrons. The molecule has 1 fully saturated rings. The third-order valence-electron chi connectivity index (χ3n) is 5.18. The van der Waals surface area contributed by atoms with E-state index >= 15 is 0 Å². The van der Waals surface area contributed by atoms with Gasteiger partial charge in [-0.05, 0) is 35.2 Å². The van der Waals surface area contributed by atoms with Crippen LogP contribution in [0.25, 0.3) is 0 Å². The molecule has 5 nitrogen and oxygen atoms in total. The fourth-order valence-electron chi connectivity index (χ4n) is 3.81. The fourth-order valence-corrected chi connectivity index (χ4v) is 4.10. The predicted molar refractivity (Wildman–Crippen MR) is 98.3 cm³/mol. The average Bonchev–Trinajstić information content (AvgIpc) is 3.02. The van der Waals surface area contributed by atoms with Crippen LogP contribution in [-0.4, -0.2) is 39.7 Å². The number of nitrogens with zero attached hydrogens (tertiary/aromatic N) is 3. The van der Waals surface area contributed by atoms with Gasteiger partial charge in [0.2, 0.25) is 11.8 Å². The lowest BCUT2D eigenvalue weighted by molar-refractivity contribution is -0.136. The van der Waals surface area contributed by atoms with Crippen LogP contribution in [0.2, 0.25) is 5.02 Å². The molecule has 1 atom stereocenters. The third kappa shape index (κ3) is 3.31. The molecule has 2 aromatic rings. The number of aromatic nitrogens is 1. The Hall–Kier alpha value is -2.40. The number of carbonyl (C=O) groups is 2. The standard InChI is InChI=1S/C20H20ClN3O2/c21-18-5-1-4-15-12-23(8-6-17(15)18)20(26)16-9-19(25)24(13-16)11-14-3-2-7-22-10-14/h1-5,7,10,16H,6,8-9,11-13H2/t16-/m0/s1. The van der Waals surface area contributed by atoms with Crippen molar-refractivity contribution >= 4 is 23.4 Å². The van der Waals surface area contributed by atoms with Crippen molar-refractivity contribution < 1.29 is 9.59 Å². The maximum atomic E-state index is 12.9. The molecule has 1 saturated heterocycles. The zero-order valence-electron chi connectivity index (χ0n) is 14.4. The Morgan fingerprint density at radius 2 is 2.15 bits per heavy atom. The van der Waals surface area contributed by atoms with E-state index in [0.29, 0.717) is 26.2 Å². The van der Waals surface area contributed by atoms with Crippen molar-refractivity contribution in [3.63, 3.8) is 0 Å². The van der Waals surface area contributed by atoms with Crippen LogP contribution < -0.4 is 0 Å². The lowest BCUT2D eigenvalue weighted by Gasteiger charge is -2.31. The van der Waals surface area contributed by atoms with E-state index in [1.807, 2.05) is 35.2 Å². The van der Waals surface area contributed by atoms with Crippen LogP contribution >= 0.6 is 11.6 Å². The summed E-state index contributed by atoms with van der Waals surface area (Å²) in [5.41, 5.74) is 3.23. The zero-order valence-corrected chi connectivity index (χ0v) is 15.2. The summed E-state index contributed by atoms with van der Waals surface area (Å²) >= 11 is 6.25. The Kier molecular flexibility index (Phi) is 4.64. The van der Waals surface area contributed by atoms with Crippen LogP contribution in [0.1, 0.15) is 23.1 Å². The predicted octanol–water partition coefficient (Wildman–Crippen LogP) is 2.67. The first kappa shape index (κ1) is 17.0. The van der Waals surface area contributed by atoms with Crippen LogP contribution in [0.15, 0.2) is 42.7 Å². The molecule has 0 N–H and O–H groups in total. The molecule has 0 radical (unpaired) electrons. The zero-order chi connectivity index (χ0) is 18.1. The summed E-state index contributed by atoms with van der Waals surface area (Å²) in [5.74, 6) is -0.162. The van der Waals surface area contributed by atoms with Gasteiger partial charge in [-0.25, -0.2) is 0 Å². The SMILES string of the molecule is O=C1C[C@H](C(=O)N2CCc3c(Cl)cccc3C2)CN1Cc1cccnc1. The largest absolute Gasteiger partial charge is 0.338 e. The van der Waals surface area contributed by atoms with E-state index in [0.717, 1.165) is 28.1 Å². The summed E-state index contributed by atoms with van der Waals surface area (Å²) in [5, 5.41) is 0.772. The van der Waals surface area contributed by atoms with E-state index in [1.165, 1.54) is 0 Å². The summed E-state index contributed by atoms with van der Waals surface area (Å²) in [6.07, 6.45) is 4.52. The number of pyridine rings is 1. The maximum absolute atomic E-state index is 12.9.